The van der Waals surface area contributed by atoms with Crippen LogP contribution in [0.4, 0.5) is 0 Å². The minimum absolute atomic E-state index is 0.0399. The highest BCUT2D eigenvalue weighted by molar-refractivity contribution is 7.09. The lowest BCUT2D eigenvalue weighted by molar-refractivity contribution is -0.133. The summed E-state index contributed by atoms with van der Waals surface area (Å²) in [6.45, 7) is 3.61. The summed E-state index contributed by atoms with van der Waals surface area (Å²) in [6.07, 6.45) is 6.70. The van der Waals surface area contributed by atoms with E-state index in [-0.39, 0.29) is 11.4 Å². The maximum absolute atomic E-state index is 12.6. The van der Waals surface area contributed by atoms with Crippen LogP contribution in [0, 0.1) is 0 Å². The van der Waals surface area contributed by atoms with Crippen LogP contribution in [0.3, 0.4) is 0 Å². The van der Waals surface area contributed by atoms with Crippen molar-refractivity contribution in [3.63, 3.8) is 0 Å². The summed E-state index contributed by atoms with van der Waals surface area (Å²) in [7, 11) is 2.01. The molecule has 4 heteroatoms. The van der Waals surface area contributed by atoms with Gasteiger partial charge in [-0.3, -0.25) is 4.79 Å². The van der Waals surface area contributed by atoms with Crippen LogP contribution in [-0.2, 0) is 11.3 Å². The van der Waals surface area contributed by atoms with Gasteiger partial charge in [-0.2, -0.15) is 0 Å². The Morgan fingerprint density at radius 2 is 2.15 bits per heavy atom. The van der Waals surface area contributed by atoms with Gasteiger partial charge in [0, 0.05) is 23.4 Å². The van der Waals surface area contributed by atoms with Gasteiger partial charge in [-0.25, -0.2) is 0 Å². The third kappa shape index (κ3) is 3.83. The fourth-order valence-electron chi connectivity index (χ4n) is 3.11. The van der Waals surface area contributed by atoms with Gasteiger partial charge >= 0.3 is 0 Å². The van der Waals surface area contributed by atoms with Crippen LogP contribution in [0.5, 0.6) is 0 Å². The standard InChI is InChI=1S/C16H26N2OS/c1-3-18(13-14-8-7-11-20-14)15(19)12-16(17-2)9-5-4-6-10-16/h7-8,11,17H,3-6,9-10,12-13H2,1-2H3. The highest BCUT2D eigenvalue weighted by Crippen LogP contribution is 2.31. The second-order valence-electron chi connectivity index (χ2n) is 5.76. The van der Waals surface area contributed by atoms with Gasteiger partial charge in [0.15, 0.2) is 0 Å². The molecule has 2 rings (SSSR count). The number of carbonyl (C=O) groups excluding carboxylic acids is 1. The second-order valence-corrected chi connectivity index (χ2v) is 6.79. The molecule has 1 heterocycles. The zero-order chi connectivity index (χ0) is 14.4. The SMILES string of the molecule is CCN(Cc1cccs1)C(=O)CC1(NC)CCCCC1. The molecule has 0 spiro atoms. The van der Waals surface area contributed by atoms with Crippen molar-refractivity contribution in [3.8, 4) is 0 Å². The lowest BCUT2D eigenvalue weighted by Crippen LogP contribution is -2.48. The molecule has 20 heavy (non-hydrogen) atoms. The Morgan fingerprint density at radius 1 is 1.40 bits per heavy atom. The van der Waals surface area contributed by atoms with Crippen molar-refractivity contribution < 1.29 is 4.79 Å². The molecule has 1 aliphatic carbocycles. The molecule has 1 amide bonds. The Kier molecular flexibility index (Phi) is 5.61. The van der Waals surface area contributed by atoms with E-state index >= 15 is 0 Å². The predicted molar refractivity (Wildman–Crippen MR) is 84.9 cm³/mol. The molecule has 1 fully saturated rings. The molecule has 0 bridgehead atoms. The van der Waals surface area contributed by atoms with Gasteiger partial charge in [-0.1, -0.05) is 25.3 Å². The van der Waals surface area contributed by atoms with E-state index in [2.05, 4.69) is 29.8 Å². The number of rotatable bonds is 6. The largest absolute Gasteiger partial charge is 0.338 e. The maximum atomic E-state index is 12.6. The minimum atomic E-state index is 0.0399. The lowest BCUT2D eigenvalue weighted by Gasteiger charge is -2.38. The quantitative estimate of drug-likeness (QED) is 0.872. The highest BCUT2D eigenvalue weighted by Gasteiger charge is 2.33. The molecule has 0 saturated heterocycles. The molecule has 1 aliphatic rings. The lowest BCUT2D eigenvalue weighted by atomic mass is 9.79. The molecule has 0 atom stereocenters. The van der Waals surface area contributed by atoms with E-state index in [9.17, 15) is 4.79 Å². The zero-order valence-electron chi connectivity index (χ0n) is 12.7. The van der Waals surface area contributed by atoms with Crippen molar-refractivity contribution in [2.45, 2.75) is 57.5 Å². The van der Waals surface area contributed by atoms with Gasteiger partial charge in [0.05, 0.1) is 6.54 Å². The number of nitrogens with zero attached hydrogens (tertiary/aromatic N) is 1. The van der Waals surface area contributed by atoms with Gasteiger partial charge in [0.1, 0.15) is 0 Å². The van der Waals surface area contributed by atoms with E-state index in [0.29, 0.717) is 6.42 Å². The molecule has 112 valence electrons. The summed E-state index contributed by atoms with van der Waals surface area (Å²) < 4.78 is 0. The second kappa shape index (κ2) is 7.23. The van der Waals surface area contributed by atoms with Crippen LogP contribution < -0.4 is 5.32 Å². The fourth-order valence-corrected chi connectivity index (χ4v) is 3.83. The third-order valence-electron chi connectivity index (χ3n) is 4.49. The Hall–Kier alpha value is -0.870. The number of thiophene rings is 1. The van der Waals surface area contributed by atoms with E-state index in [0.717, 1.165) is 25.9 Å². The van der Waals surface area contributed by atoms with Crippen molar-refractivity contribution >= 4 is 17.2 Å². The van der Waals surface area contributed by atoms with E-state index in [1.807, 2.05) is 11.9 Å². The van der Waals surface area contributed by atoms with Crippen molar-refractivity contribution in [1.29, 1.82) is 0 Å². The first kappa shape index (κ1) is 15.5. The van der Waals surface area contributed by atoms with Gasteiger partial charge < -0.3 is 10.2 Å². The average molecular weight is 294 g/mol. The normalized spacial score (nSPS) is 17.9. The maximum Gasteiger partial charge on any atom is 0.224 e. The number of hydrogen-bond donors (Lipinski definition) is 1. The monoisotopic (exact) mass is 294 g/mol. The molecule has 0 aromatic carbocycles. The third-order valence-corrected chi connectivity index (χ3v) is 5.35. The molecule has 3 nitrogen and oxygen atoms in total. The molecule has 1 N–H and O–H groups in total. The van der Waals surface area contributed by atoms with Crippen LogP contribution in [0.1, 0.15) is 50.3 Å². The van der Waals surface area contributed by atoms with E-state index in [4.69, 9.17) is 0 Å². The summed E-state index contributed by atoms with van der Waals surface area (Å²) >= 11 is 1.73. The number of carbonyl (C=O) groups is 1. The van der Waals surface area contributed by atoms with E-state index < -0.39 is 0 Å². The van der Waals surface area contributed by atoms with Gasteiger partial charge in [0.2, 0.25) is 5.91 Å². The summed E-state index contributed by atoms with van der Waals surface area (Å²) in [5, 5.41) is 5.51. The molecule has 0 radical (unpaired) electrons. The molecule has 1 aromatic rings. The minimum Gasteiger partial charge on any atom is -0.338 e. The summed E-state index contributed by atoms with van der Waals surface area (Å²) in [5.41, 5.74) is 0.0399. The van der Waals surface area contributed by atoms with Crippen molar-refractivity contribution in [2.24, 2.45) is 0 Å². The highest BCUT2D eigenvalue weighted by atomic mass is 32.1. The van der Waals surface area contributed by atoms with Gasteiger partial charge in [-0.15, -0.1) is 11.3 Å². The zero-order valence-corrected chi connectivity index (χ0v) is 13.5. The average Bonchev–Trinajstić information content (AvgIpc) is 2.98. The smallest absolute Gasteiger partial charge is 0.224 e. The molecule has 1 aromatic heterocycles. The van der Waals surface area contributed by atoms with Crippen molar-refractivity contribution in [2.75, 3.05) is 13.6 Å². The first-order valence-corrected chi connectivity index (χ1v) is 8.56. The number of nitrogens with one attached hydrogen (secondary N) is 1. The van der Waals surface area contributed by atoms with Crippen LogP contribution >= 0.6 is 11.3 Å². The Labute approximate surface area is 126 Å². The molecular weight excluding hydrogens is 268 g/mol. The van der Waals surface area contributed by atoms with Crippen LogP contribution in [0.2, 0.25) is 0 Å². The summed E-state index contributed by atoms with van der Waals surface area (Å²) in [5.74, 6) is 0.289. The molecule has 1 saturated carbocycles. The first-order chi connectivity index (χ1) is 9.69. The van der Waals surface area contributed by atoms with Crippen LogP contribution in [0.15, 0.2) is 17.5 Å². The molecular formula is C16H26N2OS. The van der Waals surface area contributed by atoms with Crippen LogP contribution in [0.25, 0.3) is 0 Å². The summed E-state index contributed by atoms with van der Waals surface area (Å²) in [6, 6.07) is 4.16. The first-order valence-electron chi connectivity index (χ1n) is 7.68. The van der Waals surface area contributed by atoms with Crippen molar-refractivity contribution in [1.82, 2.24) is 10.2 Å². The summed E-state index contributed by atoms with van der Waals surface area (Å²) in [4.78, 5) is 15.9. The Morgan fingerprint density at radius 3 is 2.70 bits per heavy atom. The van der Waals surface area contributed by atoms with Crippen LogP contribution in [-0.4, -0.2) is 29.9 Å². The predicted octanol–water partition coefficient (Wildman–Crippen LogP) is 3.41. The Balaban J connectivity index is 1.97. The molecule has 0 unspecified atom stereocenters. The van der Waals surface area contributed by atoms with Crippen molar-refractivity contribution in [3.05, 3.63) is 22.4 Å². The van der Waals surface area contributed by atoms with Gasteiger partial charge in [0.25, 0.3) is 0 Å². The number of hydrogen-bond acceptors (Lipinski definition) is 3. The topological polar surface area (TPSA) is 32.3 Å². The number of amides is 1. The fraction of sp³-hybridized carbons (Fsp3) is 0.688. The molecule has 0 aliphatic heterocycles. The van der Waals surface area contributed by atoms with E-state index in [1.165, 1.54) is 24.1 Å². The Bertz CT molecular complexity index is 410. The van der Waals surface area contributed by atoms with Gasteiger partial charge in [-0.05, 0) is 38.3 Å². The van der Waals surface area contributed by atoms with E-state index in [1.54, 1.807) is 11.3 Å².